The second kappa shape index (κ2) is 14.2. The van der Waals surface area contributed by atoms with Crippen LogP contribution < -0.4 is 10.4 Å². The lowest BCUT2D eigenvalue weighted by atomic mass is 9.50. The number of alkyl halides is 6. The molecule has 2 aliphatic carbocycles. The zero-order valence-electron chi connectivity index (χ0n) is 30.0. The summed E-state index contributed by atoms with van der Waals surface area (Å²) >= 11 is 18.7. The van der Waals surface area contributed by atoms with E-state index in [0.717, 1.165) is 18.1 Å². The minimum Gasteiger partial charge on any atom is -0.463 e. The molecule has 4 aliphatic rings. The molecule has 21 heteroatoms. The van der Waals surface area contributed by atoms with Crippen LogP contribution in [0.5, 0.6) is 0 Å². The summed E-state index contributed by atoms with van der Waals surface area (Å²) in [6.07, 6.45) is -7.91. The molecule has 2 N–H and O–H groups in total. The lowest BCUT2D eigenvalue weighted by Gasteiger charge is -2.49. The van der Waals surface area contributed by atoms with Crippen molar-refractivity contribution in [2.45, 2.75) is 43.1 Å². The first kappa shape index (κ1) is 40.6. The third-order valence-corrected chi connectivity index (χ3v) is 12.2. The number of carbonyl (C=O) groups is 4. The van der Waals surface area contributed by atoms with Crippen LogP contribution in [0.1, 0.15) is 47.1 Å². The van der Waals surface area contributed by atoms with Gasteiger partial charge in [-0.3, -0.25) is 29.6 Å². The van der Waals surface area contributed by atoms with E-state index in [9.17, 15) is 45.8 Å². The average molecular weight is 884 g/mol. The second-order valence-electron chi connectivity index (χ2n) is 14.4. The number of hydrogen-bond acceptors (Lipinski definition) is 10. The van der Waals surface area contributed by atoms with Gasteiger partial charge in [-0.25, -0.2) is 9.97 Å². The smallest absolute Gasteiger partial charge is 0.433 e. The number of allylic oxidation sites excluding steroid dienone is 2. The maximum atomic E-state index is 15.2. The number of furan rings is 1. The van der Waals surface area contributed by atoms with Gasteiger partial charge < -0.3 is 9.52 Å². The van der Waals surface area contributed by atoms with Gasteiger partial charge in [0.2, 0.25) is 0 Å². The molecule has 3 aromatic heterocycles. The van der Waals surface area contributed by atoms with Crippen molar-refractivity contribution in [2.24, 2.45) is 23.7 Å². The van der Waals surface area contributed by atoms with Crippen molar-refractivity contribution in [1.82, 2.24) is 20.0 Å². The number of aromatic nitrogens is 2. The topological polar surface area (TPSA) is 149 Å². The second-order valence-corrected chi connectivity index (χ2v) is 15.6. The van der Waals surface area contributed by atoms with Gasteiger partial charge in [0.1, 0.15) is 29.2 Å². The van der Waals surface area contributed by atoms with Gasteiger partial charge in [0.25, 0.3) is 23.6 Å². The molecule has 0 radical (unpaired) electrons. The van der Waals surface area contributed by atoms with Crippen molar-refractivity contribution in [2.75, 3.05) is 17.5 Å². The first-order valence-corrected chi connectivity index (χ1v) is 18.8. The molecule has 5 heterocycles. The third-order valence-electron chi connectivity index (χ3n) is 11.4. The summed E-state index contributed by atoms with van der Waals surface area (Å²) in [5, 5.41) is 11.5. The van der Waals surface area contributed by atoms with E-state index in [1.807, 2.05) is 0 Å². The van der Waals surface area contributed by atoms with E-state index < -0.39 is 106 Å². The quantitative estimate of drug-likeness (QED) is 0.108. The monoisotopic (exact) mass is 882 g/mol. The Hall–Kier alpha value is -5.17. The molecule has 8 rings (SSSR count). The van der Waals surface area contributed by atoms with Gasteiger partial charge in [-0.05, 0) is 66.8 Å². The number of imide groups is 2. The normalized spacial score (nSPS) is 25.5. The highest BCUT2D eigenvalue weighted by Crippen LogP contribution is 2.64. The van der Waals surface area contributed by atoms with Crippen LogP contribution in [-0.4, -0.2) is 55.8 Å². The summed E-state index contributed by atoms with van der Waals surface area (Å²) in [6.45, 7) is -0.559. The molecular weight excluding hydrogens is 857 g/mol. The summed E-state index contributed by atoms with van der Waals surface area (Å²) < 4.78 is 87.5. The molecule has 308 valence electrons. The zero-order valence-corrected chi connectivity index (χ0v) is 32.3. The van der Waals surface area contributed by atoms with Crippen molar-refractivity contribution in [3.8, 4) is 0 Å². The van der Waals surface area contributed by atoms with Crippen molar-refractivity contribution in [3.05, 3.63) is 116 Å². The fourth-order valence-corrected chi connectivity index (χ4v) is 9.48. The summed E-state index contributed by atoms with van der Waals surface area (Å²) in [7, 11) is 1.16. The Balaban J connectivity index is 1.26. The van der Waals surface area contributed by atoms with Gasteiger partial charge in [-0.2, -0.15) is 36.4 Å². The Kier molecular flexibility index (Phi) is 9.80. The third kappa shape index (κ3) is 6.33. The number of fused-ring (bicyclic) bond motifs is 4. The SMILES string of the molecule is CN(c1nc(C(F)(F)F)ccc1Cl)N1C(=O)C2CC=C3C(CC4C(=O)N(Nc5ncc(C(F)(F)F)cc5Cl)C(=O)C4(c4ccc(Cl)cc4)C3c3ccc(CO)o3)C2C1=O. The molecular formula is C38H27Cl3F6N6O6. The fourth-order valence-electron chi connectivity index (χ4n) is 8.92. The van der Waals surface area contributed by atoms with Crippen LogP contribution in [0.2, 0.25) is 15.1 Å². The Morgan fingerprint density at radius 1 is 0.915 bits per heavy atom. The Morgan fingerprint density at radius 3 is 2.25 bits per heavy atom. The highest BCUT2D eigenvalue weighted by atomic mass is 35.5. The minimum absolute atomic E-state index is 0.0806. The summed E-state index contributed by atoms with van der Waals surface area (Å²) in [6, 6.07) is 11.1. The number of benzene rings is 1. The van der Waals surface area contributed by atoms with Gasteiger partial charge in [0.15, 0.2) is 11.6 Å². The summed E-state index contributed by atoms with van der Waals surface area (Å²) in [4.78, 5) is 66.0. The minimum atomic E-state index is -4.89. The molecule has 4 amide bonds. The van der Waals surface area contributed by atoms with E-state index in [2.05, 4.69) is 15.4 Å². The van der Waals surface area contributed by atoms with Gasteiger partial charge in [0.05, 0.1) is 39.3 Å². The number of nitrogens with one attached hydrogen (secondary N) is 1. The van der Waals surface area contributed by atoms with Gasteiger partial charge in [-0.1, -0.05) is 58.6 Å². The van der Waals surface area contributed by atoms with Crippen molar-refractivity contribution in [3.63, 3.8) is 0 Å². The first-order chi connectivity index (χ1) is 27.8. The van der Waals surface area contributed by atoms with Crippen molar-refractivity contribution < 1.29 is 55.0 Å². The molecule has 1 aromatic carbocycles. The van der Waals surface area contributed by atoms with Crippen LogP contribution in [0.3, 0.4) is 0 Å². The predicted octanol–water partition coefficient (Wildman–Crippen LogP) is 7.60. The Morgan fingerprint density at radius 2 is 1.63 bits per heavy atom. The molecule has 4 aromatic rings. The maximum Gasteiger partial charge on any atom is 0.433 e. The van der Waals surface area contributed by atoms with Crippen LogP contribution in [0.4, 0.5) is 38.0 Å². The van der Waals surface area contributed by atoms with Crippen LogP contribution in [0, 0.1) is 23.7 Å². The molecule has 6 unspecified atom stereocenters. The van der Waals surface area contributed by atoms with Crippen molar-refractivity contribution >= 4 is 70.1 Å². The standard InChI is InChI=1S/C38H27Cl3F6N6O6/c1-51(31-24(40)9-11-27(49-31)38(45,46)47)53-32(55)21-8-7-20-22(28(21)34(53)57)13-23-33(56)52(50-30-25(41)12-17(14-48-30)37(42,43)44)35(58)36(23,16-2-4-18(39)5-3-16)29(20)26-10-6-19(15-54)59-26/h2-7,9-12,14,21-23,28-29,54H,8,13,15H2,1H3,(H,48,50). The van der Waals surface area contributed by atoms with E-state index in [1.165, 1.54) is 36.4 Å². The number of rotatable bonds is 7. The Labute approximate surface area is 344 Å². The van der Waals surface area contributed by atoms with E-state index in [1.54, 1.807) is 6.08 Å². The zero-order chi connectivity index (χ0) is 42.5. The number of amides is 4. The fraction of sp³-hybridized carbons (Fsp3) is 0.316. The predicted molar refractivity (Wildman–Crippen MR) is 196 cm³/mol. The number of carbonyl (C=O) groups excluding carboxylic acids is 4. The molecule has 12 nitrogen and oxygen atoms in total. The van der Waals surface area contributed by atoms with E-state index >= 15 is 4.79 Å². The maximum absolute atomic E-state index is 15.2. The van der Waals surface area contributed by atoms with Crippen LogP contribution in [0.25, 0.3) is 0 Å². The number of anilines is 2. The average Bonchev–Trinajstić information content (AvgIpc) is 3.82. The highest BCUT2D eigenvalue weighted by molar-refractivity contribution is 6.33. The Bertz CT molecular complexity index is 2460. The molecule has 59 heavy (non-hydrogen) atoms. The number of aliphatic hydroxyl groups is 1. The number of hydrazine groups is 2. The van der Waals surface area contributed by atoms with E-state index in [0.29, 0.717) is 33.9 Å². The molecule has 3 fully saturated rings. The number of aliphatic hydroxyl groups excluding tert-OH is 1. The number of halogens is 9. The van der Waals surface area contributed by atoms with Crippen molar-refractivity contribution in [1.29, 1.82) is 0 Å². The lowest BCUT2D eigenvalue weighted by molar-refractivity contribution is -0.142. The largest absolute Gasteiger partial charge is 0.463 e. The first-order valence-electron chi connectivity index (χ1n) is 17.7. The lowest BCUT2D eigenvalue weighted by Crippen LogP contribution is -2.53. The molecule has 1 saturated carbocycles. The van der Waals surface area contributed by atoms with E-state index in [-0.39, 0.29) is 40.0 Å². The summed E-state index contributed by atoms with van der Waals surface area (Å²) in [5.74, 6) is -10.1. The number of pyridine rings is 2. The highest BCUT2D eigenvalue weighted by Gasteiger charge is 2.71. The van der Waals surface area contributed by atoms with Crippen LogP contribution in [0.15, 0.2) is 76.9 Å². The molecule has 2 aliphatic heterocycles. The van der Waals surface area contributed by atoms with Gasteiger partial charge >= 0.3 is 12.4 Å². The van der Waals surface area contributed by atoms with Gasteiger partial charge in [0, 0.05) is 18.3 Å². The summed E-state index contributed by atoms with van der Waals surface area (Å²) in [5.41, 5.74) is -1.25. The molecule has 6 atom stereocenters. The molecule has 0 bridgehead atoms. The number of nitrogens with zero attached hydrogens (tertiary/aromatic N) is 5. The van der Waals surface area contributed by atoms with E-state index in [4.69, 9.17) is 39.2 Å². The van der Waals surface area contributed by atoms with Crippen LogP contribution in [-0.2, 0) is 43.6 Å². The van der Waals surface area contributed by atoms with Gasteiger partial charge in [-0.15, -0.1) is 0 Å². The molecule has 2 saturated heterocycles. The molecule has 0 spiro atoms. The van der Waals surface area contributed by atoms with Crippen LogP contribution >= 0.6 is 34.8 Å². The number of hydrogen-bond donors (Lipinski definition) is 2.